The lowest BCUT2D eigenvalue weighted by Crippen LogP contribution is -2.14. The Bertz CT molecular complexity index is 580. The molecule has 0 aliphatic carbocycles. The Morgan fingerprint density at radius 2 is 2.05 bits per heavy atom. The van der Waals surface area contributed by atoms with Crippen LogP contribution in [0.5, 0.6) is 0 Å². The van der Waals surface area contributed by atoms with Gasteiger partial charge in [0.1, 0.15) is 0 Å². The van der Waals surface area contributed by atoms with Gasteiger partial charge in [-0.3, -0.25) is 15.0 Å². The van der Waals surface area contributed by atoms with Crippen LogP contribution >= 0.6 is 0 Å². The predicted octanol–water partition coefficient (Wildman–Crippen LogP) is 3.14. The number of allylic oxidation sites excluding steroid dienone is 1. The first-order valence-corrected chi connectivity index (χ1v) is 6.44. The molecule has 1 aromatic heterocycles. The minimum absolute atomic E-state index is 0.116. The van der Waals surface area contributed by atoms with Gasteiger partial charge >= 0.3 is 0 Å². The summed E-state index contributed by atoms with van der Waals surface area (Å²) in [6.07, 6.45) is 4.01. The molecule has 1 aromatic carbocycles. The van der Waals surface area contributed by atoms with Crippen LogP contribution in [0.1, 0.15) is 19.8 Å². The zero-order valence-electron chi connectivity index (χ0n) is 11.1. The van der Waals surface area contributed by atoms with Gasteiger partial charge in [-0.15, -0.1) is 6.58 Å². The van der Waals surface area contributed by atoms with Crippen molar-refractivity contribution >= 4 is 5.69 Å². The van der Waals surface area contributed by atoms with E-state index in [-0.39, 0.29) is 5.56 Å². The van der Waals surface area contributed by atoms with Crippen molar-refractivity contribution in [1.82, 2.24) is 10.2 Å². The van der Waals surface area contributed by atoms with Gasteiger partial charge in [-0.2, -0.15) is 0 Å². The quantitative estimate of drug-likeness (QED) is 0.696. The normalized spacial score (nSPS) is 12.1. The molecule has 2 aromatic rings. The number of nitrogens with one attached hydrogen (secondary N) is 3. The molecule has 4 nitrogen and oxygen atoms in total. The minimum Gasteiger partial charge on any atom is -0.383 e. The van der Waals surface area contributed by atoms with Crippen molar-refractivity contribution in [3.63, 3.8) is 0 Å². The van der Waals surface area contributed by atoms with E-state index in [2.05, 4.69) is 29.0 Å². The molecule has 4 heteroatoms. The topological polar surface area (TPSA) is 60.7 Å². The van der Waals surface area contributed by atoms with Gasteiger partial charge in [-0.1, -0.05) is 18.2 Å². The number of aromatic amines is 2. The fraction of sp³-hybridized carbons (Fsp3) is 0.267. The first-order valence-electron chi connectivity index (χ1n) is 6.44. The lowest BCUT2D eigenvalue weighted by molar-refractivity contribution is 0.719. The second kappa shape index (κ2) is 6.09. The number of hydrogen-bond donors (Lipinski definition) is 3. The summed E-state index contributed by atoms with van der Waals surface area (Å²) in [5.41, 5.74) is 2.76. The summed E-state index contributed by atoms with van der Waals surface area (Å²) in [5.74, 6) is 0. The Balaban J connectivity index is 2.02. The van der Waals surface area contributed by atoms with Crippen LogP contribution in [0.3, 0.4) is 0 Å². The van der Waals surface area contributed by atoms with Crippen molar-refractivity contribution < 1.29 is 0 Å². The van der Waals surface area contributed by atoms with E-state index in [9.17, 15) is 4.79 Å². The molecule has 0 amide bonds. The number of anilines is 1. The molecule has 0 saturated carbocycles. The van der Waals surface area contributed by atoms with Crippen molar-refractivity contribution in [2.75, 3.05) is 5.32 Å². The van der Waals surface area contributed by atoms with Gasteiger partial charge in [0.25, 0.3) is 5.56 Å². The Morgan fingerprint density at radius 3 is 2.63 bits per heavy atom. The molecular formula is C15H19N3O. The van der Waals surface area contributed by atoms with Crippen LogP contribution in [-0.2, 0) is 0 Å². The Morgan fingerprint density at radius 1 is 1.32 bits per heavy atom. The van der Waals surface area contributed by atoms with Crippen molar-refractivity contribution in [3.05, 3.63) is 53.3 Å². The van der Waals surface area contributed by atoms with Crippen molar-refractivity contribution in [1.29, 1.82) is 0 Å². The molecule has 0 spiro atoms. The number of aromatic nitrogens is 2. The summed E-state index contributed by atoms with van der Waals surface area (Å²) in [6.45, 7) is 5.88. The molecule has 0 aliphatic heterocycles. The largest absolute Gasteiger partial charge is 0.383 e. The first kappa shape index (κ1) is 13.2. The molecule has 19 heavy (non-hydrogen) atoms. The van der Waals surface area contributed by atoms with Gasteiger partial charge < -0.3 is 5.32 Å². The monoisotopic (exact) mass is 257 g/mol. The Labute approximate surface area is 112 Å². The minimum atomic E-state index is -0.116. The molecule has 0 saturated heterocycles. The summed E-state index contributed by atoms with van der Waals surface area (Å²) < 4.78 is 0. The van der Waals surface area contributed by atoms with Gasteiger partial charge in [-0.25, -0.2) is 0 Å². The van der Waals surface area contributed by atoms with Gasteiger partial charge in [0.05, 0.1) is 5.69 Å². The highest BCUT2D eigenvalue weighted by Gasteiger charge is 2.03. The summed E-state index contributed by atoms with van der Waals surface area (Å²) >= 11 is 0. The number of H-pyrrole nitrogens is 2. The third-order valence-electron chi connectivity index (χ3n) is 3.01. The maximum atomic E-state index is 11.1. The van der Waals surface area contributed by atoms with Crippen molar-refractivity contribution in [2.24, 2.45) is 0 Å². The van der Waals surface area contributed by atoms with Crippen LogP contribution in [-0.4, -0.2) is 16.2 Å². The predicted molar refractivity (Wildman–Crippen MR) is 79.4 cm³/mol. The van der Waals surface area contributed by atoms with E-state index in [1.807, 2.05) is 30.3 Å². The standard InChI is InChI=1S/C15H19N3O/c1-3-4-5-11(2)16-13-8-6-12(7-9-13)14-10-15(19)18-17-14/h3,6-11,16H,1,4-5H2,2H3,(H2,17,18,19). The third-order valence-corrected chi connectivity index (χ3v) is 3.01. The maximum Gasteiger partial charge on any atom is 0.264 e. The van der Waals surface area contributed by atoms with E-state index < -0.39 is 0 Å². The van der Waals surface area contributed by atoms with Crippen LogP contribution in [0.4, 0.5) is 5.69 Å². The molecule has 0 bridgehead atoms. The van der Waals surface area contributed by atoms with Gasteiger partial charge in [0.2, 0.25) is 0 Å². The zero-order chi connectivity index (χ0) is 13.7. The molecule has 1 atom stereocenters. The van der Waals surface area contributed by atoms with E-state index in [0.717, 1.165) is 29.8 Å². The molecule has 0 fully saturated rings. The Kier molecular flexibility index (Phi) is 4.23. The molecule has 1 heterocycles. The number of rotatable bonds is 6. The average molecular weight is 257 g/mol. The fourth-order valence-electron chi connectivity index (χ4n) is 1.96. The molecule has 100 valence electrons. The number of hydrogen-bond acceptors (Lipinski definition) is 2. The van der Waals surface area contributed by atoms with E-state index >= 15 is 0 Å². The third kappa shape index (κ3) is 3.61. The number of benzene rings is 1. The van der Waals surface area contributed by atoms with Crippen LogP contribution in [0.25, 0.3) is 11.3 Å². The van der Waals surface area contributed by atoms with Crippen LogP contribution < -0.4 is 10.9 Å². The fourth-order valence-corrected chi connectivity index (χ4v) is 1.96. The van der Waals surface area contributed by atoms with Crippen molar-refractivity contribution in [3.8, 4) is 11.3 Å². The van der Waals surface area contributed by atoms with Crippen LogP contribution in [0, 0.1) is 0 Å². The molecule has 3 N–H and O–H groups in total. The summed E-state index contributed by atoms with van der Waals surface area (Å²) in [4.78, 5) is 11.1. The molecule has 0 aliphatic rings. The highest BCUT2D eigenvalue weighted by atomic mass is 16.1. The molecular weight excluding hydrogens is 238 g/mol. The van der Waals surface area contributed by atoms with Gasteiger partial charge in [0.15, 0.2) is 0 Å². The highest BCUT2D eigenvalue weighted by molar-refractivity contribution is 5.62. The average Bonchev–Trinajstić information content (AvgIpc) is 2.84. The maximum absolute atomic E-state index is 11.1. The summed E-state index contributed by atoms with van der Waals surface area (Å²) in [6, 6.07) is 9.98. The highest BCUT2D eigenvalue weighted by Crippen LogP contribution is 2.19. The molecule has 0 radical (unpaired) electrons. The van der Waals surface area contributed by atoms with E-state index in [0.29, 0.717) is 6.04 Å². The summed E-state index contributed by atoms with van der Waals surface area (Å²) in [5, 5.41) is 8.81. The Hall–Kier alpha value is -2.23. The summed E-state index contributed by atoms with van der Waals surface area (Å²) in [7, 11) is 0. The van der Waals surface area contributed by atoms with E-state index in [4.69, 9.17) is 0 Å². The first-order chi connectivity index (χ1) is 9.19. The van der Waals surface area contributed by atoms with E-state index in [1.165, 1.54) is 0 Å². The molecule has 2 rings (SSSR count). The van der Waals surface area contributed by atoms with E-state index in [1.54, 1.807) is 6.07 Å². The smallest absolute Gasteiger partial charge is 0.264 e. The molecule has 1 unspecified atom stereocenters. The SMILES string of the molecule is C=CCCC(C)Nc1ccc(-c2cc(=O)[nH][nH]2)cc1. The van der Waals surface area contributed by atoms with Crippen molar-refractivity contribution in [2.45, 2.75) is 25.8 Å². The zero-order valence-corrected chi connectivity index (χ0v) is 11.1. The second-order valence-electron chi connectivity index (χ2n) is 4.66. The van der Waals surface area contributed by atoms with Crippen LogP contribution in [0.2, 0.25) is 0 Å². The van der Waals surface area contributed by atoms with Crippen LogP contribution in [0.15, 0.2) is 47.8 Å². The van der Waals surface area contributed by atoms with Gasteiger partial charge in [-0.05, 0) is 37.5 Å². The lowest BCUT2D eigenvalue weighted by atomic mass is 10.1. The second-order valence-corrected chi connectivity index (χ2v) is 4.66. The lowest BCUT2D eigenvalue weighted by Gasteiger charge is -2.14. The van der Waals surface area contributed by atoms with Gasteiger partial charge in [0, 0.05) is 17.8 Å².